The monoisotopic (exact) mass is 368 g/mol. The second kappa shape index (κ2) is 9.42. The van der Waals surface area contributed by atoms with Crippen LogP contribution in [0.4, 0.5) is 4.39 Å². The van der Waals surface area contributed by atoms with Gasteiger partial charge in [-0.05, 0) is 42.7 Å². The molecule has 0 bridgehead atoms. The van der Waals surface area contributed by atoms with Gasteiger partial charge in [-0.15, -0.1) is 0 Å². The molecule has 0 atom stereocenters. The number of Topliss-reactive ketones (excluding diaryl/α,β-unsaturated/α-hetero) is 1. The van der Waals surface area contributed by atoms with Crippen molar-refractivity contribution >= 4 is 11.7 Å². The van der Waals surface area contributed by atoms with Crippen LogP contribution in [0.5, 0.6) is 0 Å². The fourth-order valence-electron chi connectivity index (χ4n) is 3.38. The largest absolute Gasteiger partial charge is 0.353 e. The summed E-state index contributed by atoms with van der Waals surface area (Å²) >= 11 is 0. The van der Waals surface area contributed by atoms with E-state index in [-0.39, 0.29) is 36.4 Å². The molecule has 0 unspecified atom stereocenters. The third kappa shape index (κ3) is 6.00. The Bertz CT molecular complexity index is 754. The van der Waals surface area contributed by atoms with Crippen molar-refractivity contribution in [3.05, 3.63) is 71.5 Å². The molecule has 5 heteroatoms. The number of hydrogen-bond donors (Lipinski definition) is 1. The average Bonchev–Trinajstić information content (AvgIpc) is 2.69. The number of likely N-dealkylation sites (tertiary alicyclic amines) is 1. The molecule has 142 valence electrons. The van der Waals surface area contributed by atoms with E-state index in [1.54, 1.807) is 0 Å². The molecule has 1 amide bonds. The van der Waals surface area contributed by atoms with Crippen LogP contribution in [0.2, 0.25) is 0 Å². The standard InChI is InChI=1S/C22H25FN2O2/c23-19-8-6-18(7-9-19)21(26)10-11-22(27)24-20-12-14-25(15-13-20)16-17-4-2-1-3-5-17/h1-9,20H,10-16H2,(H,24,27). The second-order valence-electron chi connectivity index (χ2n) is 7.03. The number of hydrogen-bond acceptors (Lipinski definition) is 3. The van der Waals surface area contributed by atoms with Crippen LogP contribution in [0.3, 0.4) is 0 Å². The van der Waals surface area contributed by atoms with Crippen molar-refractivity contribution in [1.29, 1.82) is 0 Å². The minimum Gasteiger partial charge on any atom is -0.353 e. The molecule has 1 aliphatic heterocycles. The number of nitrogens with zero attached hydrogens (tertiary/aromatic N) is 1. The Kier molecular flexibility index (Phi) is 6.71. The highest BCUT2D eigenvalue weighted by Gasteiger charge is 2.21. The summed E-state index contributed by atoms with van der Waals surface area (Å²) in [4.78, 5) is 26.6. The van der Waals surface area contributed by atoms with E-state index in [2.05, 4.69) is 34.5 Å². The Hall–Kier alpha value is -2.53. The zero-order valence-corrected chi connectivity index (χ0v) is 15.4. The molecule has 1 N–H and O–H groups in total. The van der Waals surface area contributed by atoms with E-state index < -0.39 is 0 Å². The smallest absolute Gasteiger partial charge is 0.220 e. The van der Waals surface area contributed by atoms with Crippen molar-refractivity contribution in [1.82, 2.24) is 10.2 Å². The Morgan fingerprint density at radius 1 is 0.963 bits per heavy atom. The van der Waals surface area contributed by atoms with Crippen LogP contribution >= 0.6 is 0 Å². The Morgan fingerprint density at radius 3 is 2.30 bits per heavy atom. The first kappa shape index (κ1) is 19.2. The second-order valence-corrected chi connectivity index (χ2v) is 7.03. The summed E-state index contributed by atoms with van der Waals surface area (Å²) < 4.78 is 12.9. The zero-order valence-electron chi connectivity index (χ0n) is 15.4. The number of halogens is 1. The van der Waals surface area contributed by atoms with Crippen LogP contribution in [0.25, 0.3) is 0 Å². The van der Waals surface area contributed by atoms with E-state index in [0.29, 0.717) is 5.56 Å². The highest BCUT2D eigenvalue weighted by molar-refractivity contribution is 5.97. The molecule has 1 fully saturated rings. The van der Waals surface area contributed by atoms with E-state index in [9.17, 15) is 14.0 Å². The first-order chi connectivity index (χ1) is 13.1. The molecule has 0 aromatic heterocycles. The summed E-state index contributed by atoms with van der Waals surface area (Å²) in [6, 6.07) is 16.0. The number of carbonyl (C=O) groups is 2. The molecule has 1 aliphatic rings. The number of piperidine rings is 1. The number of nitrogens with one attached hydrogen (secondary N) is 1. The van der Waals surface area contributed by atoms with E-state index in [1.807, 2.05) is 6.07 Å². The topological polar surface area (TPSA) is 49.4 Å². The lowest BCUT2D eigenvalue weighted by Gasteiger charge is -2.32. The lowest BCUT2D eigenvalue weighted by Crippen LogP contribution is -2.44. The third-order valence-corrected chi connectivity index (χ3v) is 4.95. The van der Waals surface area contributed by atoms with Crippen LogP contribution < -0.4 is 5.32 Å². The van der Waals surface area contributed by atoms with Crippen molar-refractivity contribution in [3.8, 4) is 0 Å². The number of ketones is 1. The van der Waals surface area contributed by atoms with Crippen molar-refractivity contribution in [3.63, 3.8) is 0 Å². The van der Waals surface area contributed by atoms with Crippen LogP contribution in [-0.2, 0) is 11.3 Å². The molecule has 0 aliphatic carbocycles. The van der Waals surface area contributed by atoms with Crippen LogP contribution in [0.15, 0.2) is 54.6 Å². The third-order valence-electron chi connectivity index (χ3n) is 4.95. The summed E-state index contributed by atoms with van der Waals surface area (Å²) in [6.45, 7) is 2.84. The summed E-state index contributed by atoms with van der Waals surface area (Å²) in [7, 11) is 0. The maximum Gasteiger partial charge on any atom is 0.220 e. The van der Waals surface area contributed by atoms with Gasteiger partial charge in [-0.2, -0.15) is 0 Å². The first-order valence-corrected chi connectivity index (χ1v) is 9.44. The molecule has 1 heterocycles. The molecular weight excluding hydrogens is 343 g/mol. The average molecular weight is 368 g/mol. The summed E-state index contributed by atoms with van der Waals surface area (Å²) in [5.74, 6) is -0.599. The molecule has 0 saturated carbocycles. The Balaban J connectivity index is 1.36. The first-order valence-electron chi connectivity index (χ1n) is 9.44. The molecule has 0 radical (unpaired) electrons. The van der Waals surface area contributed by atoms with Crippen LogP contribution in [0, 0.1) is 5.82 Å². The number of carbonyl (C=O) groups excluding carboxylic acids is 2. The van der Waals surface area contributed by atoms with Crippen molar-refractivity contribution in [2.45, 2.75) is 38.3 Å². The van der Waals surface area contributed by atoms with Crippen molar-refractivity contribution in [2.24, 2.45) is 0 Å². The van der Waals surface area contributed by atoms with Gasteiger partial charge >= 0.3 is 0 Å². The molecular formula is C22H25FN2O2. The predicted molar refractivity (Wildman–Crippen MR) is 103 cm³/mol. The van der Waals surface area contributed by atoms with Gasteiger partial charge in [0.05, 0.1) is 0 Å². The van der Waals surface area contributed by atoms with E-state index in [0.717, 1.165) is 32.5 Å². The summed E-state index contributed by atoms with van der Waals surface area (Å²) in [6.07, 6.45) is 2.15. The molecule has 0 spiro atoms. The molecule has 4 nitrogen and oxygen atoms in total. The van der Waals surface area contributed by atoms with Crippen molar-refractivity contribution < 1.29 is 14.0 Å². The molecule has 1 saturated heterocycles. The van der Waals surface area contributed by atoms with E-state index in [4.69, 9.17) is 0 Å². The predicted octanol–water partition coefficient (Wildman–Crippen LogP) is 3.57. The minimum atomic E-state index is -0.372. The zero-order chi connectivity index (χ0) is 19.1. The van der Waals surface area contributed by atoms with Crippen LogP contribution in [0.1, 0.15) is 41.6 Å². The van der Waals surface area contributed by atoms with E-state index >= 15 is 0 Å². The fourth-order valence-corrected chi connectivity index (χ4v) is 3.38. The number of benzene rings is 2. The van der Waals surface area contributed by atoms with Gasteiger partial charge in [-0.25, -0.2) is 4.39 Å². The molecule has 2 aromatic rings. The Morgan fingerprint density at radius 2 is 1.63 bits per heavy atom. The number of amides is 1. The number of rotatable bonds is 7. The SMILES string of the molecule is O=C(CCC(=O)c1ccc(F)cc1)NC1CCN(Cc2ccccc2)CC1. The van der Waals surface area contributed by atoms with E-state index in [1.165, 1.54) is 29.8 Å². The van der Waals surface area contributed by atoms with Gasteiger partial charge in [0.15, 0.2) is 5.78 Å². The molecule has 2 aromatic carbocycles. The van der Waals surface area contributed by atoms with Crippen molar-refractivity contribution in [2.75, 3.05) is 13.1 Å². The summed E-state index contributed by atoms with van der Waals surface area (Å²) in [5.41, 5.74) is 1.75. The van der Waals surface area contributed by atoms with Gasteiger partial charge in [0.1, 0.15) is 5.82 Å². The van der Waals surface area contributed by atoms with Gasteiger partial charge in [0, 0.05) is 44.1 Å². The highest BCUT2D eigenvalue weighted by atomic mass is 19.1. The minimum absolute atomic E-state index is 0.0908. The van der Waals surface area contributed by atoms with Crippen LogP contribution in [-0.4, -0.2) is 35.7 Å². The molecule has 27 heavy (non-hydrogen) atoms. The van der Waals surface area contributed by atoms with Gasteiger partial charge in [-0.3, -0.25) is 14.5 Å². The van der Waals surface area contributed by atoms with Gasteiger partial charge < -0.3 is 5.32 Å². The lowest BCUT2D eigenvalue weighted by molar-refractivity contribution is -0.122. The fraction of sp³-hybridized carbons (Fsp3) is 0.364. The molecule has 3 rings (SSSR count). The van der Waals surface area contributed by atoms with Gasteiger partial charge in [0.2, 0.25) is 5.91 Å². The highest BCUT2D eigenvalue weighted by Crippen LogP contribution is 2.14. The normalized spacial score (nSPS) is 15.4. The maximum absolute atomic E-state index is 12.9. The maximum atomic E-state index is 12.9. The lowest BCUT2D eigenvalue weighted by atomic mass is 10.0. The van der Waals surface area contributed by atoms with Gasteiger partial charge in [-0.1, -0.05) is 30.3 Å². The summed E-state index contributed by atoms with van der Waals surface area (Å²) in [5, 5.41) is 3.04. The quantitative estimate of drug-likeness (QED) is 0.760. The Labute approximate surface area is 159 Å². The van der Waals surface area contributed by atoms with Gasteiger partial charge in [0.25, 0.3) is 0 Å².